The lowest BCUT2D eigenvalue weighted by Gasteiger charge is -2.15. The number of hydrogen-bond acceptors (Lipinski definition) is 5. The quantitative estimate of drug-likeness (QED) is 0.0998. The minimum Gasteiger partial charge on any atom is -0.321 e. The summed E-state index contributed by atoms with van der Waals surface area (Å²) in [4.78, 5) is 54.4. The Balaban J connectivity index is 1.19. The van der Waals surface area contributed by atoms with Crippen LogP contribution in [0, 0.1) is 3.57 Å². The third-order valence-corrected chi connectivity index (χ3v) is 9.15. The lowest BCUT2D eigenvalue weighted by Crippen LogP contribution is -2.31. The predicted molar refractivity (Wildman–Crippen MR) is 187 cm³/mol. The van der Waals surface area contributed by atoms with Crippen molar-refractivity contribution in [1.29, 1.82) is 0 Å². The lowest BCUT2D eigenvalue weighted by molar-refractivity contribution is -0.121. The minimum absolute atomic E-state index is 0.0874. The Morgan fingerprint density at radius 1 is 0.800 bits per heavy atom. The van der Waals surface area contributed by atoms with Crippen molar-refractivity contribution in [2.45, 2.75) is 16.6 Å². The van der Waals surface area contributed by atoms with Crippen molar-refractivity contribution in [3.63, 3.8) is 0 Å². The van der Waals surface area contributed by atoms with Crippen molar-refractivity contribution in [1.82, 2.24) is 5.32 Å². The fourth-order valence-electron chi connectivity index (χ4n) is 5.01. The van der Waals surface area contributed by atoms with Gasteiger partial charge in [-0.1, -0.05) is 60.7 Å². The van der Waals surface area contributed by atoms with Crippen LogP contribution in [0.3, 0.4) is 0 Å². The van der Waals surface area contributed by atoms with Gasteiger partial charge in [0.25, 0.3) is 11.8 Å². The maximum atomic E-state index is 13.6. The van der Waals surface area contributed by atoms with Crippen molar-refractivity contribution in [2.75, 3.05) is 10.2 Å². The van der Waals surface area contributed by atoms with Gasteiger partial charge in [0.05, 0.1) is 10.9 Å². The normalized spacial score (nSPS) is 14.9. The fourth-order valence-corrected chi connectivity index (χ4v) is 6.42. The Hall–Kier alpha value is -4.74. The second-order valence-electron chi connectivity index (χ2n) is 10.3. The molecule has 2 N–H and O–H groups in total. The summed E-state index contributed by atoms with van der Waals surface area (Å²) in [5.74, 6) is -1.37. The summed E-state index contributed by atoms with van der Waals surface area (Å²) in [5, 5.41) is 7.08. The van der Waals surface area contributed by atoms with Crippen LogP contribution in [0.5, 0.6) is 0 Å². The van der Waals surface area contributed by atoms with Gasteiger partial charge in [-0.15, -0.1) is 11.8 Å². The van der Waals surface area contributed by atoms with Crippen LogP contribution < -0.4 is 15.5 Å². The third kappa shape index (κ3) is 7.00. The van der Waals surface area contributed by atoms with Gasteiger partial charge in [0.2, 0.25) is 11.8 Å². The summed E-state index contributed by atoms with van der Waals surface area (Å²) in [6.07, 6.45) is 1.78. The van der Waals surface area contributed by atoms with E-state index < -0.39 is 17.1 Å². The molecule has 1 heterocycles. The van der Waals surface area contributed by atoms with Gasteiger partial charge in [-0.05, 0) is 106 Å². The third-order valence-electron chi connectivity index (χ3n) is 7.23. The highest BCUT2D eigenvalue weighted by Gasteiger charge is 2.40. The number of nitrogens with one attached hydrogen (secondary N) is 2. The van der Waals surface area contributed by atoms with Crippen LogP contribution in [0.25, 0.3) is 16.8 Å². The van der Waals surface area contributed by atoms with Crippen LogP contribution in [0.1, 0.15) is 22.3 Å². The number of carbonyl (C=O) groups excluding carboxylic acids is 4. The van der Waals surface area contributed by atoms with Gasteiger partial charge < -0.3 is 10.6 Å². The van der Waals surface area contributed by atoms with E-state index in [9.17, 15) is 19.2 Å². The van der Waals surface area contributed by atoms with Crippen LogP contribution in [0.4, 0.5) is 11.4 Å². The van der Waals surface area contributed by atoms with Gasteiger partial charge in [-0.25, -0.2) is 4.90 Å². The number of imide groups is 1. The summed E-state index contributed by atoms with van der Waals surface area (Å²) in [7, 11) is 0. The number of thioether (sulfide) groups is 1. The van der Waals surface area contributed by atoms with Crippen molar-refractivity contribution < 1.29 is 19.2 Å². The van der Waals surface area contributed by atoms with Crippen LogP contribution in [-0.2, 0) is 14.4 Å². The molecule has 1 aliphatic heterocycles. The molecule has 1 fully saturated rings. The first kappa shape index (κ1) is 30.3. The molecule has 222 valence electrons. The minimum atomic E-state index is -0.541. The molecule has 45 heavy (non-hydrogen) atoms. The molecule has 0 saturated carbocycles. The standard InChI is InChI=1S/C36H26IN3O4S/c37-26-13-17-28(18-14-26)40-33(41)22-32(36(40)44)45-29-19-15-27(16-20-29)38-35(43)31(39-34(42)24-8-2-1-3-9-24)21-25-11-6-10-23-7-4-5-12-30(23)25/h1-21,32H,22H2,(H,38,43)(H,39,42)/b31-21-. The zero-order valence-corrected chi connectivity index (χ0v) is 26.7. The average Bonchev–Trinajstić information content (AvgIpc) is 3.34. The number of carbonyl (C=O) groups is 4. The Kier molecular flexibility index (Phi) is 9.08. The number of nitrogens with zero attached hydrogens (tertiary/aromatic N) is 1. The highest BCUT2D eigenvalue weighted by molar-refractivity contribution is 14.1. The molecule has 0 aliphatic carbocycles. The zero-order valence-electron chi connectivity index (χ0n) is 23.8. The first-order valence-corrected chi connectivity index (χ1v) is 16.1. The first-order valence-electron chi connectivity index (χ1n) is 14.1. The molecule has 1 saturated heterocycles. The molecule has 0 bridgehead atoms. The van der Waals surface area contributed by atoms with Crippen LogP contribution >= 0.6 is 34.4 Å². The van der Waals surface area contributed by atoms with Gasteiger partial charge in [0, 0.05) is 26.1 Å². The monoisotopic (exact) mass is 723 g/mol. The van der Waals surface area contributed by atoms with E-state index >= 15 is 0 Å². The molecule has 9 heteroatoms. The Labute approximate surface area is 277 Å². The topological polar surface area (TPSA) is 95.6 Å². The Bertz CT molecular complexity index is 1940. The Morgan fingerprint density at radius 2 is 1.49 bits per heavy atom. The highest BCUT2D eigenvalue weighted by Crippen LogP contribution is 2.34. The van der Waals surface area contributed by atoms with E-state index in [0.29, 0.717) is 16.9 Å². The fraction of sp³-hybridized carbons (Fsp3) is 0.0556. The number of benzene rings is 5. The second kappa shape index (κ2) is 13.5. The van der Waals surface area contributed by atoms with E-state index in [-0.39, 0.29) is 23.9 Å². The number of hydrogen-bond donors (Lipinski definition) is 2. The molecular formula is C36H26IN3O4S. The van der Waals surface area contributed by atoms with Crippen LogP contribution in [0.2, 0.25) is 0 Å². The smallest absolute Gasteiger partial charge is 0.272 e. The number of halogens is 1. The molecule has 6 rings (SSSR count). The van der Waals surface area contributed by atoms with E-state index in [1.807, 2.05) is 60.7 Å². The molecule has 1 unspecified atom stereocenters. The van der Waals surface area contributed by atoms with Crippen molar-refractivity contribution in [3.05, 3.63) is 142 Å². The number of amides is 4. The lowest BCUT2D eigenvalue weighted by atomic mass is 10.0. The molecule has 4 amide bonds. The van der Waals surface area contributed by atoms with E-state index in [2.05, 4.69) is 33.2 Å². The molecule has 0 aromatic heterocycles. The summed E-state index contributed by atoms with van der Waals surface area (Å²) in [6, 6.07) is 36.6. The number of rotatable bonds is 8. The molecule has 1 aliphatic rings. The molecule has 0 radical (unpaired) electrons. The SMILES string of the molecule is O=C(Nc1ccc(SC2CC(=O)N(c3ccc(I)cc3)C2=O)cc1)/C(=C/c1cccc2ccccc12)NC(=O)c1ccccc1. The van der Waals surface area contributed by atoms with Crippen molar-refractivity contribution in [3.8, 4) is 0 Å². The zero-order chi connectivity index (χ0) is 31.3. The molecule has 5 aromatic rings. The van der Waals surface area contributed by atoms with E-state index in [1.165, 1.54) is 16.7 Å². The van der Waals surface area contributed by atoms with Crippen LogP contribution in [-0.4, -0.2) is 28.9 Å². The maximum Gasteiger partial charge on any atom is 0.272 e. The summed E-state index contributed by atoms with van der Waals surface area (Å²) in [6.45, 7) is 0. The molecule has 5 aromatic carbocycles. The van der Waals surface area contributed by atoms with Crippen molar-refractivity contribution in [2.24, 2.45) is 0 Å². The maximum absolute atomic E-state index is 13.6. The van der Waals surface area contributed by atoms with Crippen molar-refractivity contribution >= 4 is 86.2 Å². The summed E-state index contributed by atoms with van der Waals surface area (Å²) < 4.78 is 1.02. The highest BCUT2D eigenvalue weighted by atomic mass is 127. The first-order chi connectivity index (χ1) is 21.9. The van der Waals surface area contributed by atoms with Gasteiger partial charge in [0.1, 0.15) is 5.70 Å². The van der Waals surface area contributed by atoms with Gasteiger partial charge >= 0.3 is 0 Å². The van der Waals surface area contributed by atoms with Gasteiger partial charge in [-0.2, -0.15) is 0 Å². The van der Waals surface area contributed by atoms with E-state index in [0.717, 1.165) is 24.8 Å². The Morgan fingerprint density at radius 3 is 2.24 bits per heavy atom. The number of anilines is 2. The summed E-state index contributed by atoms with van der Waals surface area (Å²) >= 11 is 3.49. The van der Waals surface area contributed by atoms with Gasteiger partial charge in [-0.3, -0.25) is 19.2 Å². The molecule has 0 spiro atoms. The van der Waals surface area contributed by atoms with Gasteiger partial charge in [0.15, 0.2) is 0 Å². The number of fused-ring (bicyclic) bond motifs is 1. The van der Waals surface area contributed by atoms with E-state index in [1.54, 1.807) is 66.7 Å². The van der Waals surface area contributed by atoms with Crippen LogP contribution in [0.15, 0.2) is 132 Å². The summed E-state index contributed by atoms with van der Waals surface area (Å²) in [5.41, 5.74) is 2.38. The average molecular weight is 724 g/mol. The molecule has 1 atom stereocenters. The molecular weight excluding hydrogens is 697 g/mol. The van der Waals surface area contributed by atoms with E-state index in [4.69, 9.17) is 0 Å². The predicted octanol–water partition coefficient (Wildman–Crippen LogP) is 7.28. The molecule has 7 nitrogen and oxygen atoms in total. The largest absolute Gasteiger partial charge is 0.321 e. The second-order valence-corrected chi connectivity index (χ2v) is 12.8.